The monoisotopic (exact) mass is 324 g/mol. The number of carbonyl (C=O) groups excluding carboxylic acids is 1. The minimum absolute atomic E-state index is 0. The molecule has 1 rings (SSSR count). The van der Waals surface area contributed by atoms with Gasteiger partial charge >= 0.3 is 0 Å². The second kappa shape index (κ2) is 10.3. The fourth-order valence-electron chi connectivity index (χ4n) is 1.60. The van der Waals surface area contributed by atoms with Crippen LogP contribution in [0.25, 0.3) is 0 Å². The summed E-state index contributed by atoms with van der Waals surface area (Å²) in [5.41, 5.74) is -0.426. The number of benzene rings is 1. The van der Waals surface area contributed by atoms with E-state index in [2.05, 4.69) is 10.6 Å². The molecule has 8 heteroatoms. The van der Waals surface area contributed by atoms with E-state index in [1.54, 1.807) is 7.11 Å². The van der Waals surface area contributed by atoms with Crippen molar-refractivity contribution in [2.75, 3.05) is 40.5 Å². The van der Waals surface area contributed by atoms with E-state index >= 15 is 0 Å². The fourth-order valence-corrected chi connectivity index (χ4v) is 1.60. The molecular formula is C13H19ClF2N2O3. The van der Waals surface area contributed by atoms with Crippen molar-refractivity contribution in [3.63, 3.8) is 0 Å². The largest absolute Gasteiger partial charge is 0.493 e. The van der Waals surface area contributed by atoms with Gasteiger partial charge in [0.2, 0.25) is 0 Å². The van der Waals surface area contributed by atoms with Gasteiger partial charge in [0.15, 0.2) is 11.6 Å². The summed E-state index contributed by atoms with van der Waals surface area (Å²) in [6.45, 7) is 1.97. The molecule has 2 N–H and O–H groups in total. The van der Waals surface area contributed by atoms with Crippen LogP contribution in [0.2, 0.25) is 0 Å². The van der Waals surface area contributed by atoms with Crippen LogP contribution in [0.1, 0.15) is 10.4 Å². The third kappa shape index (κ3) is 5.82. The Kier molecular flexibility index (Phi) is 9.60. The Bertz CT molecular complexity index is 461. The minimum atomic E-state index is -0.826. The summed E-state index contributed by atoms with van der Waals surface area (Å²) >= 11 is 0. The van der Waals surface area contributed by atoms with Gasteiger partial charge in [0.1, 0.15) is 11.4 Å². The Hall–Kier alpha value is -1.44. The molecule has 1 amide bonds. The molecule has 0 aliphatic carbocycles. The van der Waals surface area contributed by atoms with E-state index in [-0.39, 0.29) is 19.0 Å². The summed E-state index contributed by atoms with van der Waals surface area (Å²) in [5.74, 6) is -2.72. The lowest BCUT2D eigenvalue weighted by molar-refractivity contribution is 0.0945. The lowest BCUT2D eigenvalue weighted by Crippen LogP contribution is -2.33. The summed E-state index contributed by atoms with van der Waals surface area (Å²) in [6.07, 6.45) is 0. The number of amides is 1. The predicted octanol–water partition coefficient (Wildman–Crippen LogP) is 1.36. The lowest BCUT2D eigenvalue weighted by Gasteiger charge is -2.11. The summed E-state index contributed by atoms with van der Waals surface area (Å²) in [6, 6.07) is 1.81. The zero-order valence-electron chi connectivity index (χ0n) is 11.9. The van der Waals surface area contributed by atoms with Crippen molar-refractivity contribution in [3.05, 3.63) is 29.3 Å². The van der Waals surface area contributed by atoms with E-state index in [0.29, 0.717) is 19.7 Å². The van der Waals surface area contributed by atoms with Crippen LogP contribution in [-0.2, 0) is 4.74 Å². The Morgan fingerprint density at radius 3 is 2.43 bits per heavy atom. The molecule has 1 aromatic carbocycles. The molecule has 0 aliphatic heterocycles. The van der Waals surface area contributed by atoms with Gasteiger partial charge in [-0.1, -0.05) is 0 Å². The number of rotatable bonds is 8. The van der Waals surface area contributed by atoms with Crippen LogP contribution in [0.4, 0.5) is 8.78 Å². The van der Waals surface area contributed by atoms with Gasteiger partial charge in [-0.15, -0.1) is 12.4 Å². The van der Waals surface area contributed by atoms with Crippen LogP contribution in [-0.4, -0.2) is 46.4 Å². The van der Waals surface area contributed by atoms with Crippen LogP contribution in [0.15, 0.2) is 12.1 Å². The van der Waals surface area contributed by atoms with E-state index in [0.717, 1.165) is 12.1 Å². The van der Waals surface area contributed by atoms with Crippen molar-refractivity contribution in [2.24, 2.45) is 0 Å². The molecule has 0 heterocycles. The molecular weight excluding hydrogens is 306 g/mol. The van der Waals surface area contributed by atoms with E-state index in [4.69, 9.17) is 9.47 Å². The molecule has 120 valence electrons. The van der Waals surface area contributed by atoms with Gasteiger partial charge in [-0.25, -0.2) is 8.78 Å². The normalized spacial score (nSPS) is 9.90. The summed E-state index contributed by atoms with van der Waals surface area (Å²) in [4.78, 5) is 11.8. The van der Waals surface area contributed by atoms with Crippen LogP contribution < -0.4 is 15.4 Å². The smallest absolute Gasteiger partial charge is 0.258 e. The summed E-state index contributed by atoms with van der Waals surface area (Å²) < 4.78 is 36.6. The van der Waals surface area contributed by atoms with Crippen molar-refractivity contribution in [1.29, 1.82) is 0 Å². The van der Waals surface area contributed by atoms with Gasteiger partial charge in [0, 0.05) is 26.7 Å². The van der Waals surface area contributed by atoms with Gasteiger partial charge < -0.3 is 20.1 Å². The highest BCUT2D eigenvalue weighted by Crippen LogP contribution is 2.24. The molecule has 0 radical (unpaired) electrons. The van der Waals surface area contributed by atoms with Crippen molar-refractivity contribution in [1.82, 2.24) is 10.6 Å². The SMILES string of the molecule is COCCNCCNC(=O)c1c(F)ccc(F)c1OC.Cl. The number of nitrogens with one attached hydrogen (secondary N) is 2. The Labute approximate surface area is 128 Å². The second-order valence-electron chi connectivity index (χ2n) is 3.94. The zero-order chi connectivity index (χ0) is 15.0. The van der Waals surface area contributed by atoms with E-state index in [1.807, 2.05) is 0 Å². The van der Waals surface area contributed by atoms with Gasteiger partial charge in [-0.3, -0.25) is 4.79 Å². The molecule has 0 atom stereocenters. The Morgan fingerprint density at radius 2 is 1.81 bits per heavy atom. The molecule has 5 nitrogen and oxygen atoms in total. The Balaban J connectivity index is 0.00000400. The fraction of sp³-hybridized carbons (Fsp3) is 0.462. The van der Waals surface area contributed by atoms with Crippen molar-refractivity contribution in [3.8, 4) is 5.75 Å². The lowest BCUT2D eigenvalue weighted by atomic mass is 10.1. The van der Waals surface area contributed by atoms with Gasteiger partial charge in [0.25, 0.3) is 5.91 Å². The average molecular weight is 325 g/mol. The number of carbonyl (C=O) groups is 1. The maximum Gasteiger partial charge on any atom is 0.258 e. The molecule has 0 aliphatic rings. The molecule has 0 saturated carbocycles. The molecule has 0 saturated heterocycles. The number of hydrogen-bond donors (Lipinski definition) is 2. The average Bonchev–Trinajstić information content (AvgIpc) is 2.44. The first-order valence-corrected chi connectivity index (χ1v) is 6.11. The van der Waals surface area contributed by atoms with E-state index in [1.165, 1.54) is 7.11 Å². The topological polar surface area (TPSA) is 59.6 Å². The first-order valence-electron chi connectivity index (χ1n) is 6.11. The zero-order valence-corrected chi connectivity index (χ0v) is 12.7. The molecule has 0 bridgehead atoms. The summed E-state index contributed by atoms with van der Waals surface area (Å²) in [7, 11) is 2.77. The number of hydrogen-bond acceptors (Lipinski definition) is 4. The van der Waals surface area contributed by atoms with Crippen molar-refractivity contribution in [2.45, 2.75) is 0 Å². The maximum atomic E-state index is 13.6. The number of halogens is 3. The molecule has 0 aromatic heterocycles. The summed E-state index contributed by atoms with van der Waals surface area (Å²) in [5, 5.41) is 5.50. The molecule has 0 unspecified atom stereocenters. The molecule has 0 fully saturated rings. The van der Waals surface area contributed by atoms with Gasteiger partial charge in [-0.05, 0) is 12.1 Å². The van der Waals surface area contributed by atoms with Crippen LogP contribution in [0, 0.1) is 11.6 Å². The third-order valence-electron chi connectivity index (χ3n) is 2.56. The quantitative estimate of drug-likeness (QED) is 0.709. The molecule has 21 heavy (non-hydrogen) atoms. The minimum Gasteiger partial charge on any atom is -0.493 e. The van der Waals surface area contributed by atoms with Crippen LogP contribution >= 0.6 is 12.4 Å². The highest BCUT2D eigenvalue weighted by atomic mass is 35.5. The predicted molar refractivity (Wildman–Crippen MR) is 77.2 cm³/mol. The van der Waals surface area contributed by atoms with E-state index in [9.17, 15) is 13.6 Å². The van der Waals surface area contributed by atoms with Crippen LogP contribution in [0.3, 0.4) is 0 Å². The van der Waals surface area contributed by atoms with Crippen molar-refractivity contribution >= 4 is 18.3 Å². The molecule has 1 aromatic rings. The van der Waals surface area contributed by atoms with Gasteiger partial charge in [0.05, 0.1) is 13.7 Å². The second-order valence-corrected chi connectivity index (χ2v) is 3.94. The van der Waals surface area contributed by atoms with Crippen LogP contribution in [0.5, 0.6) is 5.75 Å². The third-order valence-corrected chi connectivity index (χ3v) is 2.56. The number of methoxy groups -OCH3 is 2. The molecule has 0 spiro atoms. The van der Waals surface area contributed by atoms with Crippen molar-refractivity contribution < 1.29 is 23.0 Å². The standard InChI is InChI=1S/C13H18F2N2O3.ClH/c1-19-8-7-16-5-6-17-13(18)11-9(14)3-4-10(15)12(11)20-2;/h3-4,16H,5-8H2,1-2H3,(H,17,18);1H. The number of ether oxygens (including phenoxy) is 2. The van der Waals surface area contributed by atoms with E-state index < -0.39 is 28.9 Å². The van der Waals surface area contributed by atoms with Gasteiger partial charge in [-0.2, -0.15) is 0 Å². The first-order chi connectivity index (χ1) is 9.61. The Morgan fingerprint density at radius 1 is 1.14 bits per heavy atom. The highest BCUT2D eigenvalue weighted by Gasteiger charge is 2.20. The highest BCUT2D eigenvalue weighted by molar-refractivity contribution is 5.97. The maximum absolute atomic E-state index is 13.6. The first kappa shape index (κ1) is 19.6.